The Bertz CT molecular complexity index is 619. The lowest BCUT2D eigenvalue weighted by atomic mass is 10.0. The highest BCUT2D eigenvalue weighted by Gasteiger charge is 2.11. The zero-order chi connectivity index (χ0) is 16.1. The zero-order valence-electron chi connectivity index (χ0n) is 14.0. The van der Waals surface area contributed by atoms with Gasteiger partial charge in [-0.1, -0.05) is 32.4 Å². The van der Waals surface area contributed by atoms with E-state index in [9.17, 15) is 0 Å². The lowest BCUT2D eigenvalue weighted by Gasteiger charge is -2.25. The molecule has 0 spiro atoms. The molecule has 2 heterocycles. The molecule has 0 unspecified atom stereocenters. The summed E-state index contributed by atoms with van der Waals surface area (Å²) in [5.41, 5.74) is 2.27. The van der Waals surface area contributed by atoms with Crippen molar-refractivity contribution in [1.82, 2.24) is 14.9 Å². The number of likely N-dealkylation sites (tertiary alicyclic amines) is 1. The van der Waals surface area contributed by atoms with E-state index in [1.807, 2.05) is 18.3 Å². The van der Waals surface area contributed by atoms with Crippen LogP contribution in [-0.4, -0.2) is 28.0 Å². The summed E-state index contributed by atoms with van der Waals surface area (Å²) < 4.78 is 5.83. The highest BCUT2D eigenvalue weighted by Crippen LogP contribution is 2.23. The van der Waals surface area contributed by atoms with Crippen LogP contribution in [0.15, 0.2) is 36.7 Å². The predicted octanol–water partition coefficient (Wildman–Crippen LogP) is 4.38. The number of rotatable bonds is 5. The SMILES string of the molecule is CC(C)c1cccc(Oc2cnc(CN3CCCCC3)cn2)c1. The van der Waals surface area contributed by atoms with Crippen LogP contribution < -0.4 is 4.74 Å². The van der Waals surface area contributed by atoms with E-state index in [1.54, 1.807) is 6.20 Å². The van der Waals surface area contributed by atoms with Crippen molar-refractivity contribution in [2.24, 2.45) is 0 Å². The fourth-order valence-electron chi connectivity index (χ4n) is 2.88. The van der Waals surface area contributed by atoms with Gasteiger partial charge in [-0.05, 0) is 49.5 Å². The highest BCUT2D eigenvalue weighted by molar-refractivity contribution is 5.32. The molecule has 1 aliphatic heterocycles. The summed E-state index contributed by atoms with van der Waals surface area (Å²) in [5.74, 6) is 1.85. The third kappa shape index (κ3) is 4.52. The molecule has 0 atom stereocenters. The van der Waals surface area contributed by atoms with E-state index < -0.39 is 0 Å². The monoisotopic (exact) mass is 311 g/mol. The number of hydrogen-bond donors (Lipinski definition) is 0. The molecule has 1 fully saturated rings. The Morgan fingerprint density at radius 2 is 1.91 bits per heavy atom. The van der Waals surface area contributed by atoms with Crippen molar-refractivity contribution in [2.75, 3.05) is 13.1 Å². The Kier molecular flexibility index (Phi) is 5.23. The lowest BCUT2D eigenvalue weighted by molar-refractivity contribution is 0.218. The number of benzene rings is 1. The number of nitrogens with zero attached hydrogens (tertiary/aromatic N) is 3. The molecule has 4 heteroatoms. The molecule has 0 N–H and O–H groups in total. The van der Waals surface area contributed by atoms with Crippen molar-refractivity contribution in [3.05, 3.63) is 47.9 Å². The fourth-order valence-corrected chi connectivity index (χ4v) is 2.88. The fraction of sp³-hybridized carbons (Fsp3) is 0.474. The van der Waals surface area contributed by atoms with Crippen LogP contribution in [0.5, 0.6) is 11.6 Å². The number of ether oxygens (including phenoxy) is 1. The van der Waals surface area contributed by atoms with E-state index in [4.69, 9.17) is 4.74 Å². The molecule has 4 nitrogen and oxygen atoms in total. The van der Waals surface area contributed by atoms with Gasteiger partial charge in [-0.25, -0.2) is 4.98 Å². The molecule has 0 bridgehead atoms. The van der Waals surface area contributed by atoms with Crippen LogP contribution in [0.2, 0.25) is 0 Å². The third-order valence-corrected chi connectivity index (χ3v) is 4.26. The lowest BCUT2D eigenvalue weighted by Crippen LogP contribution is -2.29. The number of hydrogen-bond acceptors (Lipinski definition) is 4. The van der Waals surface area contributed by atoms with Crippen LogP contribution in [0.3, 0.4) is 0 Å². The molecule has 1 aliphatic rings. The summed E-state index contributed by atoms with van der Waals surface area (Å²) in [6.45, 7) is 7.57. The maximum Gasteiger partial charge on any atom is 0.237 e. The highest BCUT2D eigenvalue weighted by atomic mass is 16.5. The molecule has 3 rings (SSSR count). The summed E-state index contributed by atoms with van der Waals surface area (Å²) in [7, 11) is 0. The molecule has 23 heavy (non-hydrogen) atoms. The molecule has 0 aliphatic carbocycles. The van der Waals surface area contributed by atoms with Gasteiger partial charge in [0.1, 0.15) is 5.75 Å². The molecule has 1 aromatic heterocycles. The maximum atomic E-state index is 5.83. The summed E-state index contributed by atoms with van der Waals surface area (Å²) in [6, 6.07) is 8.15. The van der Waals surface area contributed by atoms with E-state index in [2.05, 4.69) is 40.8 Å². The van der Waals surface area contributed by atoms with Crippen molar-refractivity contribution in [2.45, 2.75) is 45.6 Å². The minimum absolute atomic E-state index is 0.483. The second-order valence-corrected chi connectivity index (χ2v) is 6.51. The quantitative estimate of drug-likeness (QED) is 0.821. The van der Waals surface area contributed by atoms with Crippen molar-refractivity contribution < 1.29 is 4.74 Å². The van der Waals surface area contributed by atoms with Crippen molar-refractivity contribution in [3.63, 3.8) is 0 Å². The van der Waals surface area contributed by atoms with Crippen molar-refractivity contribution >= 4 is 0 Å². The maximum absolute atomic E-state index is 5.83. The second-order valence-electron chi connectivity index (χ2n) is 6.51. The Labute approximate surface area is 138 Å². The Balaban J connectivity index is 1.61. The number of piperidine rings is 1. The molecule has 1 aromatic carbocycles. The topological polar surface area (TPSA) is 38.2 Å². The predicted molar refractivity (Wildman–Crippen MR) is 91.8 cm³/mol. The molecular formula is C19H25N3O. The zero-order valence-corrected chi connectivity index (χ0v) is 14.0. The first-order chi connectivity index (χ1) is 11.2. The van der Waals surface area contributed by atoms with Gasteiger partial charge in [0, 0.05) is 6.54 Å². The van der Waals surface area contributed by atoms with E-state index in [0.717, 1.165) is 18.0 Å². The Morgan fingerprint density at radius 3 is 2.61 bits per heavy atom. The van der Waals surface area contributed by atoms with Crippen molar-refractivity contribution in [1.29, 1.82) is 0 Å². The molecule has 0 saturated carbocycles. The van der Waals surface area contributed by atoms with Gasteiger partial charge >= 0.3 is 0 Å². The minimum Gasteiger partial charge on any atom is -0.437 e. The van der Waals surface area contributed by atoms with Gasteiger partial charge in [-0.2, -0.15) is 0 Å². The van der Waals surface area contributed by atoms with Gasteiger partial charge < -0.3 is 4.74 Å². The largest absolute Gasteiger partial charge is 0.437 e. The normalized spacial score (nSPS) is 15.8. The van der Waals surface area contributed by atoms with E-state index in [1.165, 1.54) is 37.9 Å². The van der Waals surface area contributed by atoms with Gasteiger partial charge in [0.15, 0.2) is 0 Å². The van der Waals surface area contributed by atoms with Crippen LogP contribution in [0.4, 0.5) is 0 Å². The van der Waals surface area contributed by atoms with Crippen LogP contribution in [-0.2, 0) is 6.54 Å². The average Bonchev–Trinajstić information content (AvgIpc) is 2.58. The van der Waals surface area contributed by atoms with E-state index in [-0.39, 0.29) is 0 Å². The van der Waals surface area contributed by atoms with Crippen LogP contribution in [0.1, 0.15) is 50.3 Å². The first-order valence-electron chi connectivity index (χ1n) is 8.52. The second kappa shape index (κ2) is 7.55. The molecule has 1 saturated heterocycles. The number of aromatic nitrogens is 2. The summed E-state index contributed by atoms with van der Waals surface area (Å²) >= 11 is 0. The van der Waals surface area contributed by atoms with E-state index in [0.29, 0.717) is 11.8 Å². The molecule has 0 radical (unpaired) electrons. The third-order valence-electron chi connectivity index (χ3n) is 4.26. The summed E-state index contributed by atoms with van der Waals surface area (Å²) in [4.78, 5) is 11.3. The molecule has 0 amide bonds. The average molecular weight is 311 g/mol. The van der Waals surface area contributed by atoms with Gasteiger partial charge in [0.25, 0.3) is 0 Å². The summed E-state index contributed by atoms with van der Waals surface area (Å²) in [5, 5.41) is 0. The Hall–Kier alpha value is -1.94. The molecule has 2 aromatic rings. The molecular weight excluding hydrogens is 286 g/mol. The van der Waals surface area contributed by atoms with Gasteiger partial charge in [0.05, 0.1) is 18.1 Å². The first-order valence-corrected chi connectivity index (χ1v) is 8.52. The standard InChI is InChI=1S/C19H25N3O/c1-15(2)16-7-6-8-18(11-16)23-19-13-20-17(12-21-19)14-22-9-4-3-5-10-22/h6-8,11-13,15H,3-5,9-10,14H2,1-2H3. The van der Waals surface area contributed by atoms with Gasteiger partial charge in [-0.3, -0.25) is 9.88 Å². The van der Waals surface area contributed by atoms with Crippen LogP contribution in [0, 0.1) is 0 Å². The Morgan fingerprint density at radius 1 is 1.09 bits per heavy atom. The molecule has 122 valence electrons. The first kappa shape index (κ1) is 15.9. The van der Waals surface area contributed by atoms with Crippen LogP contribution in [0.25, 0.3) is 0 Å². The van der Waals surface area contributed by atoms with Gasteiger partial charge in [-0.15, -0.1) is 0 Å². The van der Waals surface area contributed by atoms with Crippen molar-refractivity contribution in [3.8, 4) is 11.6 Å². The minimum atomic E-state index is 0.483. The van der Waals surface area contributed by atoms with Gasteiger partial charge in [0.2, 0.25) is 5.88 Å². The smallest absolute Gasteiger partial charge is 0.237 e. The van der Waals surface area contributed by atoms with Crippen LogP contribution >= 0.6 is 0 Å². The van der Waals surface area contributed by atoms with E-state index >= 15 is 0 Å². The summed E-state index contributed by atoms with van der Waals surface area (Å²) in [6.07, 6.45) is 7.49.